The van der Waals surface area contributed by atoms with Gasteiger partial charge >= 0.3 is 0 Å². The van der Waals surface area contributed by atoms with E-state index in [-0.39, 0.29) is 16.7 Å². The number of pyridine rings is 1. The van der Waals surface area contributed by atoms with Gasteiger partial charge in [-0.3, -0.25) is 4.79 Å². The molecule has 0 unspecified atom stereocenters. The molecule has 4 rings (SSSR count). The molecule has 1 amide bonds. The standard InChI is InChI=1S/C18H21N5O3S2/c1-11-9-13(16-17(21-11)23-8-4-2-3-5-14(23)22-16)18(24)20-10-12-6-7-15(27-12)28(19,25)26/h6-7,9H,2-5,8,10H2,1H3,(H,20,24)(H2,19,25,26). The summed E-state index contributed by atoms with van der Waals surface area (Å²) in [6.07, 6.45) is 4.24. The molecule has 0 atom stereocenters. The number of amides is 1. The number of primary sulfonamides is 1. The lowest BCUT2D eigenvalue weighted by Crippen LogP contribution is -2.23. The lowest BCUT2D eigenvalue weighted by atomic mass is 10.2. The normalized spacial score (nSPS) is 14.6. The monoisotopic (exact) mass is 419 g/mol. The molecule has 0 aromatic carbocycles. The molecule has 0 radical (unpaired) electrons. The van der Waals surface area contributed by atoms with E-state index in [4.69, 9.17) is 10.1 Å². The van der Waals surface area contributed by atoms with Crippen molar-refractivity contribution in [2.24, 2.45) is 5.14 Å². The molecule has 0 fully saturated rings. The number of fused-ring (bicyclic) bond motifs is 3. The maximum absolute atomic E-state index is 12.8. The van der Waals surface area contributed by atoms with E-state index < -0.39 is 10.0 Å². The number of nitrogens with zero attached hydrogens (tertiary/aromatic N) is 3. The minimum atomic E-state index is -3.73. The highest BCUT2D eigenvalue weighted by atomic mass is 32.2. The zero-order valence-corrected chi connectivity index (χ0v) is 17.1. The summed E-state index contributed by atoms with van der Waals surface area (Å²) in [7, 11) is -3.73. The highest BCUT2D eigenvalue weighted by Gasteiger charge is 2.21. The summed E-state index contributed by atoms with van der Waals surface area (Å²) >= 11 is 1.05. The maximum Gasteiger partial charge on any atom is 0.253 e. The maximum atomic E-state index is 12.8. The molecule has 0 aliphatic carbocycles. The minimum absolute atomic E-state index is 0.0803. The summed E-state index contributed by atoms with van der Waals surface area (Å²) in [5, 5.41) is 7.98. The second-order valence-corrected chi connectivity index (χ2v) is 9.88. The van der Waals surface area contributed by atoms with Crippen molar-refractivity contribution >= 4 is 38.4 Å². The van der Waals surface area contributed by atoms with Crippen LogP contribution in [-0.4, -0.2) is 28.9 Å². The average Bonchev–Trinajstić information content (AvgIpc) is 3.17. The van der Waals surface area contributed by atoms with Crippen LogP contribution in [-0.2, 0) is 29.5 Å². The molecule has 148 valence electrons. The van der Waals surface area contributed by atoms with Gasteiger partial charge in [-0.2, -0.15) is 0 Å². The van der Waals surface area contributed by atoms with Gasteiger partial charge in [0.25, 0.3) is 5.91 Å². The summed E-state index contributed by atoms with van der Waals surface area (Å²) in [4.78, 5) is 22.9. The molecule has 0 bridgehead atoms. The topological polar surface area (TPSA) is 120 Å². The van der Waals surface area contributed by atoms with Gasteiger partial charge in [0, 0.05) is 23.5 Å². The Balaban J connectivity index is 1.61. The zero-order valence-electron chi connectivity index (χ0n) is 15.4. The molecular weight excluding hydrogens is 398 g/mol. The number of aryl methyl sites for hydroxylation is 3. The Kier molecular flexibility index (Phi) is 4.94. The van der Waals surface area contributed by atoms with Crippen LogP contribution in [0.4, 0.5) is 0 Å². The highest BCUT2D eigenvalue weighted by Crippen LogP contribution is 2.24. The Hall–Kier alpha value is -2.30. The second-order valence-electron chi connectivity index (χ2n) is 6.92. The third kappa shape index (κ3) is 3.67. The average molecular weight is 420 g/mol. The number of hydrogen-bond acceptors (Lipinski definition) is 6. The molecule has 0 saturated carbocycles. The van der Waals surface area contributed by atoms with E-state index in [2.05, 4.69) is 14.9 Å². The van der Waals surface area contributed by atoms with Crippen LogP contribution in [0.5, 0.6) is 0 Å². The van der Waals surface area contributed by atoms with Gasteiger partial charge in [0.1, 0.15) is 15.6 Å². The fraction of sp³-hybridized carbons (Fsp3) is 0.389. The van der Waals surface area contributed by atoms with E-state index in [9.17, 15) is 13.2 Å². The van der Waals surface area contributed by atoms with E-state index in [0.717, 1.165) is 54.3 Å². The Labute approximate surface area is 166 Å². The van der Waals surface area contributed by atoms with Crippen LogP contribution < -0.4 is 10.5 Å². The van der Waals surface area contributed by atoms with Crippen LogP contribution >= 0.6 is 11.3 Å². The van der Waals surface area contributed by atoms with Gasteiger partial charge in [-0.25, -0.2) is 23.5 Å². The first-order valence-electron chi connectivity index (χ1n) is 9.09. The number of sulfonamides is 1. The molecular formula is C18H21N5O3S2. The van der Waals surface area contributed by atoms with Crippen molar-refractivity contribution in [1.82, 2.24) is 19.9 Å². The van der Waals surface area contributed by atoms with E-state index in [0.29, 0.717) is 16.0 Å². The van der Waals surface area contributed by atoms with Crippen LogP contribution in [0.15, 0.2) is 22.4 Å². The van der Waals surface area contributed by atoms with Crippen molar-refractivity contribution in [1.29, 1.82) is 0 Å². The molecule has 8 nitrogen and oxygen atoms in total. The number of nitrogens with two attached hydrogens (primary N) is 1. The van der Waals surface area contributed by atoms with Crippen LogP contribution in [0, 0.1) is 6.92 Å². The largest absolute Gasteiger partial charge is 0.347 e. The van der Waals surface area contributed by atoms with Crippen molar-refractivity contribution in [2.45, 2.75) is 49.9 Å². The molecule has 1 aliphatic rings. The van der Waals surface area contributed by atoms with Crippen molar-refractivity contribution in [2.75, 3.05) is 0 Å². The van der Waals surface area contributed by atoms with Crippen molar-refractivity contribution in [3.8, 4) is 0 Å². The highest BCUT2D eigenvalue weighted by molar-refractivity contribution is 7.91. The number of rotatable bonds is 4. The van der Waals surface area contributed by atoms with Crippen molar-refractivity contribution in [3.63, 3.8) is 0 Å². The van der Waals surface area contributed by atoms with E-state index >= 15 is 0 Å². The smallest absolute Gasteiger partial charge is 0.253 e. The first kappa shape index (κ1) is 19.0. The predicted molar refractivity (Wildman–Crippen MR) is 107 cm³/mol. The number of thiophene rings is 1. The first-order chi connectivity index (χ1) is 13.3. The van der Waals surface area contributed by atoms with Gasteiger partial charge in [-0.05, 0) is 38.0 Å². The van der Waals surface area contributed by atoms with Gasteiger partial charge in [0.15, 0.2) is 5.65 Å². The van der Waals surface area contributed by atoms with Crippen molar-refractivity contribution in [3.05, 3.63) is 40.2 Å². The number of hydrogen-bond donors (Lipinski definition) is 2. The van der Waals surface area contributed by atoms with Gasteiger partial charge in [0.2, 0.25) is 10.0 Å². The number of carbonyl (C=O) groups excluding carboxylic acids is 1. The molecule has 0 spiro atoms. The van der Waals surface area contributed by atoms with Crippen LogP contribution in [0.1, 0.15) is 46.0 Å². The zero-order chi connectivity index (χ0) is 19.9. The Morgan fingerprint density at radius 2 is 2.11 bits per heavy atom. The summed E-state index contributed by atoms with van der Waals surface area (Å²) < 4.78 is 25.0. The number of nitrogens with one attached hydrogen (secondary N) is 1. The fourth-order valence-electron chi connectivity index (χ4n) is 3.46. The quantitative estimate of drug-likeness (QED) is 0.671. The third-order valence-corrected chi connectivity index (χ3v) is 7.30. The third-order valence-electron chi connectivity index (χ3n) is 4.78. The molecule has 4 heterocycles. The van der Waals surface area contributed by atoms with E-state index in [1.807, 2.05) is 6.92 Å². The molecule has 3 N–H and O–H groups in total. The molecule has 1 aliphatic heterocycles. The van der Waals surface area contributed by atoms with Gasteiger partial charge in [0.05, 0.1) is 12.1 Å². The second kappa shape index (κ2) is 7.26. The molecule has 10 heteroatoms. The minimum Gasteiger partial charge on any atom is -0.347 e. The van der Waals surface area contributed by atoms with Gasteiger partial charge < -0.3 is 9.88 Å². The van der Waals surface area contributed by atoms with Crippen LogP contribution in [0.2, 0.25) is 0 Å². The van der Waals surface area contributed by atoms with Gasteiger partial charge in [-0.15, -0.1) is 11.3 Å². The van der Waals surface area contributed by atoms with E-state index in [1.54, 1.807) is 12.1 Å². The number of aromatic nitrogens is 3. The molecule has 3 aromatic rings. The summed E-state index contributed by atoms with van der Waals surface area (Å²) in [6, 6.07) is 4.84. The molecule has 0 saturated heterocycles. The lowest BCUT2D eigenvalue weighted by Gasteiger charge is -2.07. The number of carbonyl (C=O) groups is 1. The molecule has 3 aromatic heterocycles. The Morgan fingerprint density at radius 1 is 1.29 bits per heavy atom. The van der Waals surface area contributed by atoms with Crippen molar-refractivity contribution < 1.29 is 13.2 Å². The van der Waals surface area contributed by atoms with Crippen LogP contribution in [0.3, 0.4) is 0 Å². The van der Waals surface area contributed by atoms with Gasteiger partial charge in [-0.1, -0.05) is 6.42 Å². The first-order valence-corrected chi connectivity index (χ1v) is 11.5. The van der Waals surface area contributed by atoms with Crippen LogP contribution in [0.25, 0.3) is 11.2 Å². The summed E-state index contributed by atoms with van der Waals surface area (Å²) in [5.74, 6) is 0.727. The Bertz CT molecular complexity index is 1160. The fourth-order valence-corrected chi connectivity index (χ4v) is 5.18. The number of imidazole rings is 1. The SMILES string of the molecule is Cc1cc(C(=O)NCc2ccc(S(N)(=O)=O)s2)c2nc3n(c2n1)CCCCC3. The molecule has 28 heavy (non-hydrogen) atoms. The van der Waals surface area contributed by atoms with E-state index in [1.165, 1.54) is 12.5 Å². The Morgan fingerprint density at radius 3 is 2.86 bits per heavy atom. The lowest BCUT2D eigenvalue weighted by molar-refractivity contribution is 0.0952. The summed E-state index contributed by atoms with van der Waals surface area (Å²) in [6.45, 7) is 2.95. The predicted octanol–water partition coefficient (Wildman–Crippen LogP) is 2.11. The summed E-state index contributed by atoms with van der Waals surface area (Å²) in [5.41, 5.74) is 2.63.